The van der Waals surface area contributed by atoms with Crippen molar-refractivity contribution in [3.05, 3.63) is 95.2 Å². The van der Waals surface area contributed by atoms with Crippen LogP contribution in [0.2, 0.25) is 0 Å². The number of carbonyl (C=O) groups is 2. The minimum absolute atomic E-state index is 0.0917. The summed E-state index contributed by atoms with van der Waals surface area (Å²) in [6.07, 6.45) is 3.25. The minimum Gasteiger partial charge on any atom is -0.497 e. The topological polar surface area (TPSA) is 92.7 Å². The molecule has 220 valence electrons. The van der Waals surface area contributed by atoms with Gasteiger partial charge < -0.3 is 24.2 Å². The lowest BCUT2D eigenvalue weighted by Gasteiger charge is -2.23. The number of aromatic nitrogens is 1. The van der Waals surface area contributed by atoms with Crippen LogP contribution in [0.4, 0.5) is 5.69 Å². The molecule has 1 unspecified atom stereocenters. The molecule has 2 atom stereocenters. The summed E-state index contributed by atoms with van der Waals surface area (Å²) in [7, 11) is 0.846. The van der Waals surface area contributed by atoms with Crippen molar-refractivity contribution in [3.63, 3.8) is 0 Å². The number of rotatable bonds is 11. The van der Waals surface area contributed by atoms with Gasteiger partial charge in [0, 0.05) is 47.0 Å². The summed E-state index contributed by atoms with van der Waals surface area (Å²) in [5.74, 6) is 4.70. The molecule has 0 fully saturated rings. The van der Waals surface area contributed by atoms with Gasteiger partial charge in [0.05, 0.1) is 36.7 Å². The molecule has 8 nitrogen and oxygen atoms in total. The van der Waals surface area contributed by atoms with Gasteiger partial charge in [-0.2, -0.15) is 0 Å². The maximum atomic E-state index is 13.8. The molecule has 4 aromatic rings. The van der Waals surface area contributed by atoms with Gasteiger partial charge >= 0.3 is 0 Å². The van der Waals surface area contributed by atoms with Crippen LogP contribution in [0.25, 0.3) is 10.9 Å². The van der Waals surface area contributed by atoms with Crippen molar-refractivity contribution in [2.45, 2.75) is 38.9 Å². The van der Waals surface area contributed by atoms with E-state index in [0.29, 0.717) is 36.5 Å². The third-order valence-corrected chi connectivity index (χ3v) is 9.92. The first kappa shape index (κ1) is 29.4. The normalized spacial score (nSPS) is 17.1. The number of anilines is 1. The molecule has 0 saturated carbocycles. The van der Waals surface area contributed by atoms with Gasteiger partial charge in [0.2, 0.25) is 0 Å². The Labute approximate surface area is 247 Å². The summed E-state index contributed by atoms with van der Waals surface area (Å²) in [5.41, 5.74) is 5.15. The van der Waals surface area contributed by atoms with Crippen LogP contribution < -0.4 is 19.7 Å². The first-order valence-electron chi connectivity index (χ1n) is 14.2. The molecule has 0 spiro atoms. The van der Waals surface area contributed by atoms with E-state index in [0.717, 1.165) is 39.8 Å². The van der Waals surface area contributed by atoms with Crippen LogP contribution in [0.15, 0.2) is 72.9 Å². The van der Waals surface area contributed by atoms with Crippen molar-refractivity contribution in [1.29, 1.82) is 0 Å². The molecule has 0 saturated heterocycles. The molecule has 9 heteroatoms. The third-order valence-electron chi connectivity index (χ3n) is 7.91. The first-order valence-corrected chi connectivity index (χ1v) is 16.0. The number of carbonyl (C=O) groups excluding carboxylic acids is 2. The summed E-state index contributed by atoms with van der Waals surface area (Å²) in [6.45, 7) is 3.26. The quantitative estimate of drug-likeness (QED) is 0.259. The molecule has 2 heterocycles. The van der Waals surface area contributed by atoms with Crippen LogP contribution >= 0.6 is 0 Å². The monoisotopic (exact) mass is 586 g/mol. The highest BCUT2D eigenvalue weighted by molar-refractivity contribution is 8.01. The van der Waals surface area contributed by atoms with E-state index in [1.165, 1.54) is 0 Å². The van der Waals surface area contributed by atoms with Crippen molar-refractivity contribution in [1.82, 2.24) is 15.2 Å². The molecule has 1 aliphatic heterocycles. The molecule has 1 aliphatic rings. The fraction of sp³-hybridized carbons (Fsp3) is 0.303. The third kappa shape index (κ3) is 6.22. The molecule has 1 amide bonds. The molecule has 1 aromatic heterocycles. The van der Waals surface area contributed by atoms with Crippen molar-refractivity contribution in [2.75, 3.05) is 30.8 Å². The second-order valence-corrected chi connectivity index (χ2v) is 13.2. The predicted octanol–water partition coefficient (Wildman–Crippen LogP) is 3.99. The van der Waals surface area contributed by atoms with Gasteiger partial charge in [0.15, 0.2) is 5.78 Å². The first-order chi connectivity index (χ1) is 20.2. The Kier molecular flexibility index (Phi) is 8.70. The Morgan fingerprint density at radius 1 is 1.07 bits per heavy atom. The van der Waals surface area contributed by atoms with Gasteiger partial charge in [-0.1, -0.05) is 49.4 Å². The van der Waals surface area contributed by atoms with Crippen molar-refractivity contribution < 1.29 is 18.5 Å². The lowest BCUT2D eigenvalue weighted by Crippen LogP contribution is -2.45. The Balaban J connectivity index is 1.41. The van der Waals surface area contributed by atoms with Crippen molar-refractivity contribution >= 4 is 43.9 Å². The Bertz CT molecular complexity index is 1710. The van der Waals surface area contributed by atoms with Crippen molar-refractivity contribution in [3.8, 4) is 5.75 Å². The van der Waals surface area contributed by atoms with E-state index in [2.05, 4.69) is 34.2 Å². The van der Waals surface area contributed by atoms with E-state index in [9.17, 15) is 13.8 Å². The van der Waals surface area contributed by atoms with E-state index in [1.807, 2.05) is 60.7 Å². The van der Waals surface area contributed by atoms with E-state index in [4.69, 9.17) is 4.74 Å². The number of hydrogen-bond donors (Lipinski definition) is 2. The molecular formula is C33H38N4O4S. The predicted molar refractivity (Wildman–Crippen MR) is 171 cm³/mol. The molecule has 0 aliphatic carbocycles. The number of nitrogens with one attached hydrogen (secondary N) is 2. The SMILES string of the molecule is C=S1(=O)CCn2cc(CC)c3cc(C(=O)N[C@@H](Cc4ccccc4)C(=O)CNCc4cccc(OC)c4)cc(c32)N1C. The van der Waals surface area contributed by atoms with Crippen LogP contribution in [0.5, 0.6) is 5.75 Å². The highest BCUT2D eigenvalue weighted by Gasteiger charge is 2.27. The van der Waals surface area contributed by atoms with Gasteiger partial charge in [0.1, 0.15) is 5.75 Å². The number of aryl methyl sites for hydroxylation is 2. The zero-order valence-electron chi connectivity index (χ0n) is 24.4. The van der Waals surface area contributed by atoms with Gasteiger partial charge in [-0.15, -0.1) is 0 Å². The Morgan fingerprint density at radius 3 is 2.57 bits per heavy atom. The van der Waals surface area contributed by atoms with Crippen LogP contribution in [0.3, 0.4) is 0 Å². The maximum absolute atomic E-state index is 13.8. The number of amides is 1. The van der Waals surface area contributed by atoms with Crippen LogP contribution in [-0.2, 0) is 40.4 Å². The number of Topliss-reactive ketones (excluding diaryl/α,β-unsaturated/α-hetero) is 1. The lowest BCUT2D eigenvalue weighted by atomic mass is 10.0. The zero-order valence-corrected chi connectivity index (χ0v) is 25.2. The van der Waals surface area contributed by atoms with Crippen molar-refractivity contribution in [2.24, 2.45) is 0 Å². The summed E-state index contributed by atoms with van der Waals surface area (Å²) in [4.78, 5) is 27.3. The lowest BCUT2D eigenvalue weighted by molar-refractivity contribution is -0.120. The molecule has 42 heavy (non-hydrogen) atoms. The molecular weight excluding hydrogens is 548 g/mol. The number of benzene rings is 3. The average Bonchev–Trinajstić information content (AvgIpc) is 3.33. The second-order valence-electron chi connectivity index (χ2n) is 10.7. The highest BCUT2D eigenvalue weighted by Crippen LogP contribution is 2.35. The average molecular weight is 587 g/mol. The summed E-state index contributed by atoms with van der Waals surface area (Å²) < 4.78 is 22.5. The van der Waals surface area contributed by atoms with Gasteiger partial charge in [0.25, 0.3) is 5.91 Å². The number of hydrogen-bond acceptors (Lipinski definition) is 5. The van der Waals surface area contributed by atoms with Crippen LogP contribution in [0, 0.1) is 0 Å². The Morgan fingerprint density at radius 2 is 1.83 bits per heavy atom. The standard InChI is InChI=1S/C33H38N4O4S/c1-5-25-22-37-14-15-42(4,40)36(2)30-19-26(18-28(25)32(30)37)33(39)35-29(17-23-10-7-6-8-11-23)31(38)21-34-20-24-12-9-13-27(16-24)41-3/h6-13,16,18-19,22,29,34H,4-5,14-15,17,20-21H2,1-3H3,(H,35,39)/t29-,42?/m0/s1. The van der Waals surface area contributed by atoms with E-state index in [-0.39, 0.29) is 18.2 Å². The largest absolute Gasteiger partial charge is 0.497 e. The maximum Gasteiger partial charge on any atom is 0.251 e. The molecule has 0 radical (unpaired) electrons. The number of methoxy groups -OCH3 is 1. The van der Waals surface area contributed by atoms with Crippen LogP contribution in [-0.4, -0.2) is 58.8 Å². The fourth-order valence-electron chi connectivity index (χ4n) is 5.45. The number of nitrogens with zero attached hydrogens (tertiary/aromatic N) is 2. The summed E-state index contributed by atoms with van der Waals surface area (Å²) in [5, 5.41) is 7.19. The van der Waals surface area contributed by atoms with E-state index < -0.39 is 15.7 Å². The fourth-order valence-corrected chi connectivity index (χ4v) is 6.70. The van der Waals surface area contributed by atoms with E-state index in [1.54, 1.807) is 24.5 Å². The summed E-state index contributed by atoms with van der Waals surface area (Å²) >= 11 is 0. The summed E-state index contributed by atoms with van der Waals surface area (Å²) in [6, 6.07) is 20.3. The molecule has 3 aromatic carbocycles. The smallest absolute Gasteiger partial charge is 0.251 e. The van der Waals surface area contributed by atoms with Gasteiger partial charge in [-0.25, -0.2) is 4.21 Å². The number of ether oxygens (including phenoxy) is 1. The molecule has 5 rings (SSSR count). The van der Waals surface area contributed by atoms with Gasteiger partial charge in [-0.3, -0.25) is 9.59 Å². The Hall–Kier alpha value is -4.08. The minimum atomic E-state index is -2.55. The number of ketones is 1. The highest BCUT2D eigenvalue weighted by atomic mass is 32.2. The second kappa shape index (κ2) is 12.4. The van der Waals surface area contributed by atoms with Gasteiger partial charge in [-0.05, 0) is 59.7 Å². The molecule has 2 N–H and O–H groups in total. The van der Waals surface area contributed by atoms with E-state index >= 15 is 0 Å². The zero-order chi connectivity index (χ0) is 29.9. The molecule has 0 bridgehead atoms. The van der Waals surface area contributed by atoms with Crippen LogP contribution in [0.1, 0.15) is 34.0 Å².